The molecule has 1 amide bonds. The summed E-state index contributed by atoms with van der Waals surface area (Å²) in [5.74, 6) is 0.682. The maximum Gasteiger partial charge on any atom is 0.242 e. The van der Waals surface area contributed by atoms with Crippen molar-refractivity contribution in [2.75, 3.05) is 18.5 Å². The van der Waals surface area contributed by atoms with Crippen LogP contribution >= 0.6 is 0 Å². The lowest BCUT2D eigenvalue weighted by Gasteiger charge is -2.19. The molecule has 26 heavy (non-hydrogen) atoms. The zero-order chi connectivity index (χ0) is 18.7. The molecule has 3 rings (SSSR count). The van der Waals surface area contributed by atoms with Crippen molar-refractivity contribution in [2.24, 2.45) is 0 Å². The lowest BCUT2D eigenvalue weighted by molar-refractivity contribution is -0.117. The van der Waals surface area contributed by atoms with Gasteiger partial charge in [-0.2, -0.15) is 4.72 Å². The summed E-state index contributed by atoms with van der Waals surface area (Å²) in [5, 5.41) is 2.67. The number of benzene rings is 2. The highest BCUT2D eigenvalue weighted by atomic mass is 32.2. The number of sulfonamides is 1. The summed E-state index contributed by atoms with van der Waals surface area (Å²) in [6.45, 7) is 4.28. The summed E-state index contributed by atoms with van der Waals surface area (Å²) in [6, 6.07) is 10.5. The van der Waals surface area contributed by atoms with E-state index >= 15 is 0 Å². The number of carbonyl (C=O) groups is 1. The molecule has 0 fully saturated rings. The molecular weight excluding hydrogens is 356 g/mol. The summed E-state index contributed by atoms with van der Waals surface area (Å²) in [7, 11) is -3.78. The fraction of sp³-hybridized carbons (Fsp3) is 0.278. The first-order valence-corrected chi connectivity index (χ1v) is 9.63. The van der Waals surface area contributed by atoms with Crippen molar-refractivity contribution in [2.45, 2.75) is 24.8 Å². The van der Waals surface area contributed by atoms with Crippen molar-refractivity contribution in [1.29, 1.82) is 0 Å². The molecule has 2 aromatic carbocycles. The highest BCUT2D eigenvalue weighted by molar-refractivity contribution is 7.89. The molecule has 0 radical (unpaired) electrons. The van der Waals surface area contributed by atoms with Crippen LogP contribution in [0.25, 0.3) is 0 Å². The zero-order valence-corrected chi connectivity index (χ0v) is 15.3. The zero-order valence-electron chi connectivity index (χ0n) is 14.5. The first-order chi connectivity index (χ1) is 12.3. The molecule has 1 atom stereocenters. The molecular formula is C18H20N2O5S. The number of nitrogens with one attached hydrogen (secondary N) is 2. The lowest BCUT2D eigenvalue weighted by Crippen LogP contribution is -2.41. The Morgan fingerprint density at radius 3 is 2.38 bits per heavy atom. The SMILES string of the molecule is Cc1ccc(S(=O)(=O)N[C@H](C)C(=O)Nc2ccc3c(c2)OCCO3)cc1. The summed E-state index contributed by atoms with van der Waals surface area (Å²) < 4.78 is 38.0. The predicted molar refractivity (Wildman–Crippen MR) is 97.0 cm³/mol. The second-order valence-corrected chi connectivity index (χ2v) is 7.72. The minimum atomic E-state index is -3.78. The van der Waals surface area contributed by atoms with E-state index in [-0.39, 0.29) is 4.90 Å². The maximum absolute atomic E-state index is 12.4. The van der Waals surface area contributed by atoms with Crippen molar-refractivity contribution in [1.82, 2.24) is 4.72 Å². The number of carbonyl (C=O) groups excluding carboxylic acids is 1. The monoisotopic (exact) mass is 376 g/mol. The summed E-state index contributed by atoms with van der Waals surface area (Å²) >= 11 is 0. The van der Waals surface area contributed by atoms with Crippen LogP contribution in [0.3, 0.4) is 0 Å². The summed E-state index contributed by atoms with van der Waals surface area (Å²) in [5.41, 5.74) is 1.45. The van der Waals surface area contributed by atoms with Crippen LogP contribution in [0.2, 0.25) is 0 Å². The lowest BCUT2D eigenvalue weighted by atomic mass is 10.2. The highest BCUT2D eigenvalue weighted by Crippen LogP contribution is 2.32. The van der Waals surface area contributed by atoms with Crippen molar-refractivity contribution >= 4 is 21.6 Å². The molecule has 0 saturated carbocycles. The first-order valence-electron chi connectivity index (χ1n) is 8.15. The number of aryl methyl sites for hydroxylation is 1. The number of amides is 1. The molecule has 7 nitrogen and oxygen atoms in total. The van der Waals surface area contributed by atoms with Crippen LogP contribution in [0.4, 0.5) is 5.69 Å². The van der Waals surface area contributed by atoms with Gasteiger partial charge in [0.15, 0.2) is 11.5 Å². The largest absolute Gasteiger partial charge is 0.486 e. The second-order valence-electron chi connectivity index (χ2n) is 6.00. The second kappa shape index (κ2) is 7.35. The van der Waals surface area contributed by atoms with Crippen LogP contribution in [-0.4, -0.2) is 33.6 Å². The molecule has 0 aromatic heterocycles. The number of anilines is 1. The van der Waals surface area contributed by atoms with Gasteiger partial charge >= 0.3 is 0 Å². The van der Waals surface area contributed by atoms with E-state index in [1.807, 2.05) is 6.92 Å². The van der Waals surface area contributed by atoms with Gasteiger partial charge in [0, 0.05) is 11.8 Å². The van der Waals surface area contributed by atoms with Crippen molar-refractivity contribution in [3.8, 4) is 11.5 Å². The molecule has 1 aliphatic heterocycles. The molecule has 2 aromatic rings. The third-order valence-electron chi connectivity index (χ3n) is 3.87. The van der Waals surface area contributed by atoms with E-state index in [0.717, 1.165) is 5.56 Å². The molecule has 8 heteroatoms. The topological polar surface area (TPSA) is 93.7 Å². The maximum atomic E-state index is 12.4. The van der Waals surface area contributed by atoms with Gasteiger partial charge in [0.25, 0.3) is 0 Å². The van der Waals surface area contributed by atoms with Crippen LogP contribution in [0.1, 0.15) is 12.5 Å². The minimum Gasteiger partial charge on any atom is -0.486 e. The van der Waals surface area contributed by atoms with E-state index in [1.54, 1.807) is 30.3 Å². The molecule has 0 unspecified atom stereocenters. The van der Waals surface area contributed by atoms with E-state index in [0.29, 0.717) is 30.4 Å². The van der Waals surface area contributed by atoms with E-state index in [2.05, 4.69) is 10.0 Å². The smallest absolute Gasteiger partial charge is 0.242 e. The third kappa shape index (κ3) is 4.14. The normalized spacial score (nSPS) is 14.5. The van der Waals surface area contributed by atoms with Gasteiger partial charge < -0.3 is 14.8 Å². The molecule has 0 bridgehead atoms. The Bertz CT molecular complexity index is 910. The van der Waals surface area contributed by atoms with Crippen LogP contribution < -0.4 is 19.5 Å². The first kappa shape index (κ1) is 18.2. The van der Waals surface area contributed by atoms with Crippen LogP contribution in [0.15, 0.2) is 47.4 Å². The van der Waals surface area contributed by atoms with Gasteiger partial charge in [0.2, 0.25) is 15.9 Å². The third-order valence-corrected chi connectivity index (χ3v) is 5.42. The molecule has 1 heterocycles. The fourth-order valence-electron chi connectivity index (χ4n) is 2.44. The van der Waals surface area contributed by atoms with Gasteiger partial charge in [-0.05, 0) is 38.1 Å². The predicted octanol–water partition coefficient (Wildman–Crippen LogP) is 2.07. The molecule has 0 aliphatic carbocycles. The van der Waals surface area contributed by atoms with Gasteiger partial charge in [0.05, 0.1) is 10.9 Å². The number of hydrogen-bond acceptors (Lipinski definition) is 5. The Balaban J connectivity index is 1.67. The van der Waals surface area contributed by atoms with Crippen LogP contribution in [0.5, 0.6) is 11.5 Å². The van der Waals surface area contributed by atoms with E-state index in [4.69, 9.17) is 9.47 Å². The number of hydrogen-bond donors (Lipinski definition) is 2. The van der Waals surface area contributed by atoms with Gasteiger partial charge in [0.1, 0.15) is 13.2 Å². The van der Waals surface area contributed by atoms with Crippen molar-refractivity contribution in [3.63, 3.8) is 0 Å². The highest BCUT2D eigenvalue weighted by Gasteiger charge is 2.22. The summed E-state index contributed by atoms with van der Waals surface area (Å²) in [4.78, 5) is 12.4. The van der Waals surface area contributed by atoms with E-state index < -0.39 is 22.0 Å². The Morgan fingerprint density at radius 2 is 1.69 bits per heavy atom. The number of ether oxygens (including phenoxy) is 2. The number of fused-ring (bicyclic) bond motifs is 1. The van der Waals surface area contributed by atoms with Crippen LogP contribution in [-0.2, 0) is 14.8 Å². The molecule has 0 spiro atoms. The van der Waals surface area contributed by atoms with Crippen molar-refractivity contribution in [3.05, 3.63) is 48.0 Å². The minimum absolute atomic E-state index is 0.113. The summed E-state index contributed by atoms with van der Waals surface area (Å²) in [6.07, 6.45) is 0. The quantitative estimate of drug-likeness (QED) is 0.833. The Labute approximate surface area is 152 Å². The van der Waals surface area contributed by atoms with Gasteiger partial charge in [-0.1, -0.05) is 17.7 Å². The van der Waals surface area contributed by atoms with Gasteiger partial charge in [-0.25, -0.2) is 8.42 Å². The van der Waals surface area contributed by atoms with Crippen LogP contribution in [0, 0.1) is 6.92 Å². The average Bonchev–Trinajstić information content (AvgIpc) is 2.61. The van der Waals surface area contributed by atoms with Crippen molar-refractivity contribution < 1.29 is 22.7 Å². The Kier molecular flexibility index (Phi) is 5.15. The van der Waals surface area contributed by atoms with Gasteiger partial charge in [-0.3, -0.25) is 4.79 Å². The average molecular weight is 376 g/mol. The number of rotatable bonds is 5. The molecule has 1 aliphatic rings. The van der Waals surface area contributed by atoms with Gasteiger partial charge in [-0.15, -0.1) is 0 Å². The van der Waals surface area contributed by atoms with E-state index in [9.17, 15) is 13.2 Å². The standard InChI is InChI=1S/C18H20N2O5S/c1-12-3-6-15(7-4-12)26(22,23)20-13(2)18(21)19-14-5-8-16-17(11-14)25-10-9-24-16/h3-8,11,13,20H,9-10H2,1-2H3,(H,19,21)/t13-/m1/s1. The Hall–Kier alpha value is -2.58. The molecule has 138 valence electrons. The van der Waals surface area contributed by atoms with E-state index in [1.165, 1.54) is 19.1 Å². The molecule has 0 saturated heterocycles. The Morgan fingerprint density at radius 1 is 1.04 bits per heavy atom. The molecule has 2 N–H and O–H groups in total. The fourth-order valence-corrected chi connectivity index (χ4v) is 3.65.